The van der Waals surface area contributed by atoms with Gasteiger partial charge in [-0.05, 0) is 45.2 Å². The van der Waals surface area contributed by atoms with Gasteiger partial charge in [-0.25, -0.2) is 0 Å². The molecule has 0 atom stereocenters. The highest BCUT2D eigenvalue weighted by molar-refractivity contribution is 7.98. The Balaban J connectivity index is 2.96. The maximum absolute atomic E-state index is 3.43. The number of nitrogens with one attached hydrogen (secondary N) is 1. The van der Waals surface area contributed by atoms with Gasteiger partial charge in [0.05, 0.1) is 0 Å². The van der Waals surface area contributed by atoms with E-state index in [0.29, 0.717) is 0 Å². The van der Waals surface area contributed by atoms with E-state index in [9.17, 15) is 0 Å². The number of hydrogen-bond acceptors (Lipinski definition) is 2. The smallest absolute Gasteiger partial charge is 0.0137 e. The van der Waals surface area contributed by atoms with Gasteiger partial charge in [0.2, 0.25) is 0 Å². The van der Waals surface area contributed by atoms with Crippen LogP contribution in [0.25, 0.3) is 0 Å². The Bertz CT molecular complexity index is 139. The Hall–Kier alpha value is 0.0500. The fourth-order valence-electron chi connectivity index (χ4n) is 1.23. The van der Waals surface area contributed by atoms with Crippen molar-refractivity contribution in [2.45, 2.75) is 39.5 Å². The Labute approximate surface area is 93.7 Å². The van der Waals surface area contributed by atoms with Gasteiger partial charge in [0, 0.05) is 6.54 Å². The van der Waals surface area contributed by atoms with Crippen molar-refractivity contribution < 1.29 is 0 Å². The predicted molar refractivity (Wildman–Crippen MR) is 69.2 cm³/mol. The van der Waals surface area contributed by atoms with Crippen LogP contribution in [0.1, 0.15) is 39.5 Å². The number of allylic oxidation sites excluding steroid dienone is 1. The SMILES string of the molecule is CSCCCCCCNCC=C(C)C. The molecule has 0 spiro atoms. The molecule has 0 aromatic rings. The van der Waals surface area contributed by atoms with Crippen molar-refractivity contribution in [2.75, 3.05) is 25.1 Å². The Morgan fingerprint density at radius 2 is 1.86 bits per heavy atom. The van der Waals surface area contributed by atoms with Crippen molar-refractivity contribution in [1.82, 2.24) is 5.32 Å². The van der Waals surface area contributed by atoms with E-state index >= 15 is 0 Å². The van der Waals surface area contributed by atoms with Crippen LogP contribution in [0.3, 0.4) is 0 Å². The molecule has 0 aliphatic carbocycles. The zero-order valence-electron chi connectivity index (χ0n) is 9.94. The van der Waals surface area contributed by atoms with Gasteiger partial charge in [-0.15, -0.1) is 0 Å². The Kier molecular flexibility index (Phi) is 11.2. The third-order valence-electron chi connectivity index (χ3n) is 2.11. The number of thioether (sulfide) groups is 1. The minimum Gasteiger partial charge on any atom is -0.313 e. The first-order valence-corrected chi connectivity index (χ1v) is 6.99. The largest absolute Gasteiger partial charge is 0.313 e. The lowest BCUT2D eigenvalue weighted by molar-refractivity contribution is 0.622. The van der Waals surface area contributed by atoms with E-state index in [4.69, 9.17) is 0 Å². The second-order valence-corrected chi connectivity index (χ2v) is 4.88. The van der Waals surface area contributed by atoms with Crippen LogP contribution in [-0.4, -0.2) is 25.1 Å². The van der Waals surface area contributed by atoms with Gasteiger partial charge in [-0.3, -0.25) is 0 Å². The van der Waals surface area contributed by atoms with Crippen molar-refractivity contribution in [1.29, 1.82) is 0 Å². The molecule has 2 heteroatoms. The van der Waals surface area contributed by atoms with Gasteiger partial charge in [0.1, 0.15) is 0 Å². The molecule has 0 unspecified atom stereocenters. The zero-order valence-corrected chi connectivity index (χ0v) is 10.8. The van der Waals surface area contributed by atoms with Crippen LogP contribution in [0.2, 0.25) is 0 Å². The molecule has 0 saturated carbocycles. The Morgan fingerprint density at radius 3 is 2.50 bits per heavy atom. The molecule has 0 aliphatic rings. The first kappa shape index (κ1) is 14.1. The number of rotatable bonds is 9. The van der Waals surface area contributed by atoms with E-state index < -0.39 is 0 Å². The predicted octanol–water partition coefficient (Wildman–Crippen LogP) is 3.47. The molecule has 0 bridgehead atoms. The molecule has 0 radical (unpaired) electrons. The highest BCUT2D eigenvalue weighted by Gasteiger charge is 1.89. The molecule has 14 heavy (non-hydrogen) atoms. The van der Waals surface area contributed by atoms with Gasteiger partial charge in [-0.2, -0.15) is 11.8 Å². The van der Waals surface area contributed by atoms with Crippen molar-refractivity contribution in [2.24, 2.45) is 0 Å². The maximum atomic E-state index is 3.43. The summed E-state index contributed by atoms with van der Waals surface area (Å²) in [6.45, 7) is 6.49. The summed E-state index contributed by atoms with van der Waals surface area (Å²) in [4.78, 5) is 0. The first-order valence-electron chi connectivity index (χ1n) is 5.60. The molecular formula is C12H25NS. The third-order valence-corrected chi connectivity index (χ3v) is 2.80. The van der Waals surface area contributed by atoms with Gasteiger partial charge in [0.25, 0.3) is 0 Å². The van der Waals surface area contributed by atoms with Gasteiger partial charge in [-0.1, -0.05) is 24.5 Å². The summed E-state index contributed by atoms with van der Waals surface area (Å²) >= 11 is 1.95. The molecule has 0 aliphatic heterocycles. The second-order valence-electron chi connectivity index (χ2n) is 3.89. The van der Waals surface area contributed by atoms with Gasteiger partial charge >= 0.3 is 0 Å². The summed E-state index contributed by atoms with van der Waals surface area (Å²) in [5.41, 5.74) is 1.40. The van der Waals surface area contributed by atoms with E-state index in [1.807, 2.05) is 11.8 Å². The minimum absolute atomic E-state index is 1.03. The summed E-state index contributed by atoms with van der Waals surface area (Å²) in [7, 11) is 0. The summed E-state index contributed by atoms with van der Waals surface area (Å²) in [6.07, 6.45) is 9.91. The lowest BCUT2D eigenvalue weighted by Gasteiger charge is -2.02. The van der Waals surface area contributed by atoms with Gasteiger partial charge < -0.3 is 5.32 Å². The molecule has 0 aromatic carbocycles. The lowest BCUT2D eigenvalue weighted by atomic mass is 10.2. The maximum Gasteiger partial charge on any atom is 0.0137 e. The molecule has 0 aromatic heterocycles. The van der Waals surface area contributed by atoms with E-state index in [1.54, 1.807) is 0 Å². The molecule has 0 amide bonds. The average Bonchev–Trinajstić information content (AvgIpc) is 2.15. The fraction of sp³-hybridized carbons (Fsp3) is 0.833. The van der Waals surface area contributed by atoms with Crippen molar-refractivity contribution in [3.05, 3.63) is 11.6 Å². The minimum atomic E-state index is 1.03. The van der Waals surface area contributed by atoms with Crippen LogP contribution in [0.4, 0.5) is 0 Å². The van der Waals surface area contributed by atoms with Crippen LogP contribution >= 0.6 is 11.8 Å². The average molecular weight is 215 g/mol. The standard InChI is InChI=1S/C12H25NS/c1-12(2)8-10-13-9-6-4-5-7-11-14-3/h8,13H,4-7,9-11H2,1-3H3. The van der Waals surface area contributed by atoms with E-state index in [2.05, 4.69) is 31.5 Å². The van der Waals surface area contributed by atoms with Crippen molar-refractivity contribution in [3.8, 4) is 0 Å². The molecule has 0 saturated heterocycles. The number of unbranched alkanes of at least 4 members (excludes halogenated alkanes) is 3. The molecule has 1 N–H and O–H groups in total. The summed E-state index contributed by atoms with van der Waals surface area (Å²) in [5.74, 6) is 1.32. The van der Waals surface area contributed by atoms with Crippen LogP contribution in [0.15, 0.2) is 11.6 Å². The fourth-order valence-corrected chi connectivity index (χ4v) is 1.72. The quantitative estimate of drug-likeness (QED) is 0.467. The topological polar surface area (TPSA) is 12.0 Å². The molecule has 0 rings (SSSR count). The summed E-state index contributed by atoms with van der Waals surface area (Å²) in [6, 6.07) is 0. The van der Waals surface area contributed by atoms with Crippen LogP contribution in [0, 0.1) is 0 Å². The third kappa shape index (κ3) is 12.0. The number of hydrogen-bond donors (Lipinski definition) is 1. The normalized spacial score (nSPS) is 10.2. The van der Waals surface area contributed by atoms with E-state index in [-0.39, 0.29) is 0 Å². The zero-order chi connectivity index (χ0) is 10.6. The molecular weight excluding hydrogens is 190 g/mol. The summed E-state index contributed by atoms with van der Waals surface area (Å²) < 4.78 is 0. The second kappa shape index (κ2) is 11.1. The summed E-state index contributed by atoms with van der Waals surface area (Å²) in [5, 5.41) is 3.43. The van der Waals surface area contributed by atoms with Crippen LogP contribution < -0.4 is 5.32 Å². The monoisotopic (exact) mass is 215 g/mol. The first-order chi connectivity index (χ1) is 6.77. The van der Waals surface area contributed by atoms with E-state index in [1.165, 1.54) is 43.6 Å². The highest BCUT2D eigenvalue weighted by atomic mass is 32.2. The van der Waals surface area contributed by atoms with Crippen molar-refractivity contribution in [3.63, 3.8) is 0 Å². The molecule has 0 heterocycles. The molecule has 84 valence electrons. The molecule has 1 nitrogen and oxygen atoms in total. The Morgan fingerprint density at radius 1 is 1.14 bits per heavy atom. The van der Waals surface area contributed by atoms with Crippen LogP contribution in [-0.2, 0) is 0 Å². The highest BCUT2D eigenvalue weighted by Crippen LogP contribution is 2.03. The van der Waals surface area contributed by atoms with E-state index in [0.717, 1.165) is 6.54 Å². The van der Waals surface area contributed by atoms with Crippen molar-refractivity contribution >= 4 is 11.8 Å². The van der Waals surface area contributed by atoms with Gasteiger partial charge in [0.15, 0.2) is 0 Å². The molecule has 0 fully saturated rings. The van der Waals surface area contributed by atoms with Crippen LogP contribution in [0.5, 0.6) is 0 Å². The lowest BCUT2D eigenvalue weighted by Crippen LogP contribution is -2.15.